The summed E-state index contributed by atoms with van der Waals surface area (Å²) in [6, 6.07) is 3.63. The molecule has 0 aliphatic carbocycles. The lowest BCUT2D eigenvalue weighted by Crippen LogP contribution is -2.40. The molecule has 0 radical (unpaired) electrons. The second-order valence-corrected chi connectivity index (χ2v) is 6.47. The number of halogens is 1. The number of pyridine rings is 1. The van der Waals surface area contributed by atoms with Gasteiger partial charge in [0, 0.05) is 18.3 Å². The Morgan fingerprint density at radius 3 is 2.95 bits per heavy atom. The van der Waals surface area contributed by atoms with E-state index in [0.717, 1.165) is 24.9 Å². The molecule has 0 unspecified atom stereocenters. The van der Waals surface area contributed by atoms with Gasteiger partial charge in [0.25, 0.3) is 0 Å². The van der Waals surface area contributed by atoms with Gasteiger partial charge in [-0.2, -0.15) is 0 Å². The molecule has 0 spiro atoms. The number of likely N-dealkylation sites (tertiary alicyclic amines) is 1. The Morgan fingerprint density at radius 1 is 1.55 bits per heavy atom. The standard InChI is InChI=1S/C15H21ClN2O2/c1-15(2,3)20-14(19)12-7-5-9-18(12)10-11-6-4-8-17-13(11)16/h4,6,8,12H,5,7,9-10H2,1-3H3/t12-/m0/s1. The lowest BCUT2D eigenvalue weighted by atomic mass is 10.1. The number of carbonyl (C=O) groups excluding carboxylic acids is 1. The van der Waals surface area contributed by atoms with E-state index in [4.69, 9.17) is 16.3 Å². The molecule has 2 heterocycles. The van der Waals surface area contributed by atoms with E-state index in [1.54, 1.807) is 6.20 Å². The van der Waals surface area contributed by atoms with Gasteiger partial charge in [-0.25, -0.2) is 4.98 Å². The van der Waals surface area contributed by atoms with Crippen LogP contribution >= 0.6 is 11.6 Å². The first-order chi connectivity index (χ1) is 9.37. The Labute approximate surface area is 125 Å². The Morgan fingerprint density at radius 2 is 2.30 bits per heavy atom. The van der Waals surface area contributed by atoms with E-state index in [1.807, 2.05) is 32.9 Å². The van der Waals surface area contributed by atoms with Crippen LogP contribution < -0.4 is 0 Å². The summed E-state index contributed by atoms with van der Waals surface area (Å²) in [7, 11) is 0. The van der Waals surface area contributed by atoms with Crippen LogP contribution in [-0.4, -0.2) is 34.0 Å². The molecule has 0 bridgehead atoms. The fourth-order valence-electron chi connectivity index (χ4n) is 2.41. The van der Waals surface area contributed by atoms with Gasteiger partial charge in [-0.3, -0.25) is 9.69 Å². The van der Waals surface area contributed by atoms with E-state index in [0.29, 0.717) is 11.7 Å². The van der Waals surface area contributed by atoms with E-state index < -0.39 is 5.60 Å². The largest absolute Gasteiger partial charge is 0.459 e. The number of nitrogens with zero attached hydrogens (tertiary/aromatic N) is 2. The van der Waals surface area contributed by atoms with Gasteiger partial charge in [0.2, 0.25) is 0 Å². The third-order valence-electron chi connectivity index (χ3n) is 3.25. The minimum atomic E-state index is -0.447. The number of aromatic nitrogens is 1. The van der Waals surface area contributed by atoms with Crippen LogP contribution in [0.4, 0.5) is 0 Å². The highest BCUT2D eigenvalue weighted by molar-refractivity contribution is 6.30. The van der Waals surface area contributed by atoms with E-state index in [2.05, 4.69) is 9.88 Å². The summed E-state index contributed by atoms with van der Waals surface area (Å²) in [5, 5.41) is 0.502. The van der Waals surface area contributed by atoms with Crippen molar-refractivity contribution in [3.05, 3.63) is 29.0 Å². The van der Waals surface area contributed by atoms with Gasteiger partial charge in [-0.1, -0.05) is 17.7 Å². The van der Waals surface area contributed by atoms with E-state index >= 15 is 0 Å². The van der Waals surface area contributed by atoms with Crippen LogP contribution in [0.15, 0.2) is 18.3 Å². The predicted octanol–water partition coefficient (Wildman–Crippen LogP) is 3.04. The minimum Gasteiger partial charge on any atom is -0.459 e. The number of rotatable bonds is 3. The Hall–Kier alpha value is -1.13. The van der Waals surface area contributed by atoms with Crippen LogP contribution in [-0.2, 0) is 16.1 Å². The zero-order valence-electron chi connectivity index (χ0n) is 12.2. The van der Waals surface area contributed by atoms with Crippen LogP contribution in [0.25, 0.3) is 0 Å². The van der Waals surface area contributed by atoms with Gasteiger partial charge >= 0.3 is 5.97 Å². The molecule has 2 rings (SSSR count). The summed E-state index contributed by atoms with van der Waals surface area (Å²) in [5.74, 6) is -0.144. The normalized spacial score (nSPS) is 20.1. The molecule has 0 amide bonds. The van der Waals surface area contributed by atoms with Crippen LogP contribution in [0.1, 0.15) is 39.2 Å². The second kappa shape index (κ2) is 6.10. The van der Waals surface area contributed by atoms with Gasteiger partial charge in [-0.05, 0) is 46.2 Å². The highest BCUT2D eigenvalue weighted by Crippen LogP contribution is 2.24. The first-order valence-electron chi connectivity index (χ1n) is 6.93. The van der Waals surface area contributed by atoms with Crippen molar-refractivity contribution in [3.63, 3.8) is 0 Å². The smallest absolute Gasteiger partial charge is 0.323 e. The second-order valence-electron chi connectivity index (χ2n) is 6.12. The van der Waals surface area contributed by atoms with Crippen molar-refractivity contribution < 1.29 is 9.53 Å². The highest BCUT2D eigenvalue weighted by Gasteiger charge is 2.34. The lowest BCUT2D eigenvalue weighted by Gasteiger charge is -2.27. The van der Waals surface area contributed by atoms with Gasteiger partial charge < -0.3 is 4.74 Å². The van der Waals surface area contributed by atoms with Crippen molar-refractivity contribution in [2.24, 2.45) is 0 Å². The maximum Gasteiger partial charge on any atom is 0.323 e. The monoisotopic (exact) mass is 296 g/mol. The topological polar surface area (TPSA) is 42.4 Å². The first-order valence-corrected chi connectivity index (χ1v) is 7.31. The molecule has 1 aromatic heterocycles. The predicted molar refractivity (Wildman–Crippen MR) is 78.5 cm³/mol. The maximum absolute atomic E-state index is 12.2. The molecule has 4 nitrogen and oxygen atoms in total. The number of carbonyl (C=O) groups is 1. The van der Waals surface area contributed by atoms with Crippen molar-refractivity contribution in [3.8, 4) is 0 Å². The summed E-state index contributed by atoms with van der Waals surface area (Å²) in [6.07, 6.45) is 3.51. The van der Waals surface area contributed by atoms with E-state index in [-0.39, 0.29) is 12.0 Å². The van der Waals surface area contributed by atoms with Gasteiger partial charge in [0.05, 0.1) is 0 Å². The number of esters is 1. The number of ether oxygens (including phenoxy) is 1. The SMILES string of the molecule is CC(C)(C)OC(=O)[C@@H]1CCCN1Cc1cccnc1Cl. The number of hydrogen-bond acceptors (Lipinski definition) is 4. The molecular weight excluding hydrogens is 276 g/mol. The van der Waals surface area contributed by atoms with Crippen LogP contribution in [0.2, 0.25) is 5.15 Å². The van der Waals surface area contributed by atoms with Crippen molar-refractivity contribution in [2.45, 2.75) is 51.8 Å². The van der Waals surface area contributed by atoms with Crippen LogP contribution in [0.3, 0.4) is 0 Å². The Balaban J connectivity index is 2.04. The summed E-state index contributed by atoms with van der Waals surface area (Å²) in [6.45, 7) is 7.19. The maximum atomic E-state index is 12.2. The van der Waals surface area contributed by atoms with Gasteiger partial charge in [0.1, 0.15) is 16.8 Å². The Bertz CT molecular complexity index is 485. The summed E-state index contributed by atoms with van der Waals surface area (Å²) >= 11 is 6.08. The molecule has 1 atom stereocenters. The average Bonchev–Trinajstić information content (AvgIpc) is 2.78. The summed E-state index contributed by atoms with van der Waals surface area (Å²) < 4.78 is 5.49. The molecule has 20 heavy (non-hydrogen) atoms. The molecule has 0 aromatic carbocycles. The van der Waals surface area contributed by atoms with Crippen molar-refractivity contribution in [1.82, 2.24) is 9.88 Å². The quantitative estimate of drug-likeness (QED) is 0.635. The third kappa shape index (κ3) is 3.93. The zero-order chi connectivity index (χ0) is 14.8. The molecule has 0 N–H and O–H groups in total. The highest BCUT2D eigenvalue weighted by atomic mass is 35.5. The third-order valence-corrected chi connectivity index (χ3v) is 3.59. The van der Waals surface area contributed by atoms with Crippen molar-refractivity contribution in [2.75, 3.05) is 6.54 Å². The molecule has 5 heteroatoms. The molecular formula is C15H21ClN2O2. The molecule has 1 aliphatic rings. The molecule has 0 saturated carbocycles. The van der Waals surface area contributed by atoms with Crippen LogP contribution in [0, 0.1) is 0 Å². The van der Waals surface area contributed by atoms with Crippen LogP contribution in [0.5, 0.6) is 0 Å². The van der Waals surface area contributed by atoms with Crippen molar-refractivity contribution >= 4 is 17.6 Å². The van der Waals surface area contributed by atoms with E-state index in [1.165, 1.54) is 0 Å². The molecule has 1 aliphatic heterocycles. The fraction of sp³-hybridized carbons (Fsp3) is 0.600. The van der Waals surface area contributed by atoms with E-state index in [9.17, 15) is 4.79 Å². The molecule has 1 saturated heterocycles. The average molecular weight is 297 g/mol. The first kappa shape index (κ1) is 15.3. The lowest BCUT2D eigenvalue weighted by molar-refractivity contribution is -0.160. The molecule has 1 fully saturated rings. The summed E-state index contributed by atoms with van der Waals surface area (Å²) in [5.41, 5.74) is 0.502. The van der Waals surface area contributed by atoms with Gasteiger partial charge in [-0.15, -0.1) is 0 Å². The number of hydrogen-bond donors (Lipinski definition) is 0. The zero-order valence-corrected chi connectivity index (χ0v) is 13.0. The molecule has 1 aromatic rings. The van der Waals surface area contributed by atoms with Gasteiger partial charge in [0.15, 0.2) is 0 Å². The minimum absolute atomic E-state index is 0.144. The molecule has 110 valence electrons. The summed E-state index contributed by atoms with van der Waals surface area (Å²) in [4.78, 5) is 18.4. The Kier molecular flexibility index (Phi) is 4.66. The van der Waals surface area contributed by atoms with Crippen molar-refractivity contribution in [1.29, 1.82) is 0 Å². The fourth-order valence-corrected chi connectivity index (χ4v) is 2.59.